The maximum atomic E-state index is 12.9. The number of para-hydroxylation sites is 1. The molecule has 5 nitrogen and oxygen atoms in total. The van der Waals surface area contributed by atoms with Gasteiger partial charge in [0, 0.05) is 22.7 Å². The first-order valence-electron chi connectivity index (χ1n) is 10.7. The van der Waals surface area contributed by atoms with Crippen molar-refractivity contribution in [1.29, 1.82) is 0 Å². The predicted molar refractivity (Wildman–Crippen MR) is 127 cm³/mol. The Morgan fingerprint density at radius 2 is 1.74 bits per heavy atom. The van der Waals surface area contributed by atoms with E-state index in [1.165, 1.54) is 6.42 Å². The summed E-state index contributed by atoms with van der Waals surface area (Å²) in [6.07, 6.45) is 7.03. The molecule has 0 unspecified atom stereocenters. The van der Waals surface area contributed by atoms with Gasteiger partial charge in [0.1, 0.15) is 5.56 Å². The quantitative estimate of drug-likeness (QED) is 0.518. The smallest absolute Gasteiger partial charge is 0.262 e. The SMILES string of the molecule is O=c1[nH]c(=S)n(C2CCCCC2)c(O)c1C=C1C(c2ccccc2)=Nc2ccccc21. The van der Waals surface area contributed by atoms with E-state index in [4.69, 9.17) is 17.2 Å². The van der Waals surface area contributed by atoms with Crippen LogP contribution >= 0.6 is 12.2 Å². The largest absolute Gasteiger partial charge is 0.494 e. The van der Waals surface area contributed by atoms with E-state index in [0.717, 1.165) is 53.8 Å². The highest BCUT2D eigenvalue weighted by molar-refractivity contribution is 7.71. The van der Waals surface area contributed by atoms with Crippen LogP contribution in [0.25, 0.3) is 11.6 Å². The molecule has 2 heterocycles. The van der Waals surface area contributed by atoms with Gasteiger partial charge in [-0.1, -0.05) is 67.8 Å². The average Bonchev–Trinajstić information content (AvgIpc) is 3.16. The number of aromatic nitrogens is 2. The first-order chi connectivity index (χ1) is 15.1. The zero-order valence-corrected chi connectivity index (χ0v) is 17.9. The lowest BCUT2D eigenvalue weighted by Gasteiger charge is -2.25. The minimum Gasteiger partial charge on any atom is -0.494 e. The molecule has 1 fully saturated rings. The molecule has 3 aromatic rings. The molecule has 6 heteroatoms. The Kier molecular flexibility index (Phi) is 5.16. The van der Waals surface area contributed by atoms with Crippen molar-refractivity contribution in [1.82, 2.24) is 9.55 Å². The van der Waals surface area contributed by atoms with Gasteiger partial charge in [-0.3, -0.25) is 14.3 Å². The lowest BCUT2D eigenvalue weighted by atomic mass is 9.94. The Bertz CT molecular complexity index is 1310. The van der Waals surface area contributed by atoms with Crippen LogP contribution in [0.4, 0.5) is 5.69 Å². The summed E-state index contributed by atoms with van der Waals surface area (Å²) in [4.78, 5) is 20.5. The summed E-state index contributed by atoms with van der Waals surface area (Å²) < 4.78 is 2.00. The van der Waals surface area contributed by atoms with Crippen molar-refractivity contribution >= 4 is 35.3 Å². The predicted octanol–water partition coefficient (Wildman–Crippen LogP) is 5.79. The first-order valence-corrected chi connectivity index (χ1v) is 11.1. The number of allylic oxidation sites excluding steroid dienone is 1. The molecule has 0 radical (unpaired) electrons. The second-order valence-electron chi connectivity index (χ2n) is 8.06. The first kappa shape index (κ1) is 19.7. The number of benzene rings is 2. The summed E-state index contributed by atoms with van der Waals surface area (Å²) in [5.41, 5.74) is 4.17. The lowest BCUT2D eigenvalue weighted by molar-refractivity contribution is 0.302. The van der Waals surface area contributed by atoms with Crippen molar-refractivity contribution in [2.75, 3.05) is 0 Å². The van der Waals surface area contributed by atoms with Crippen LogP contribution in [0.5, 0.6) is 5.88 Å². The Morgan fingerprint density at radius 1 is 1.03 bits per heavy atom. The summed E-state index contributed by atoms with van der Waals surface area (Å²) in [7, 11) is 0. The average molecular weight is 430 g/mol. The van der Waals surface area contributed by atoms with Crippen LogP contribution < -0.4 is 5.56 Å². The third kappa shape index (κ3) is 3.57. The molecule has 1 aliphatic carbocycles. The Morgan fingerprint density at radius 3 is 2.52 bits per heavy atom. The summed E-state index contributed by atoms with van der Waals surface area (Å²) in [6, 6.07) is 17.8. The molecule has 0 atom stereocenters. The van der Waals surface area contributed by atoms with Crippen molar-refractivity contribution < 1.29 is 5.11 Å². The van der Waals surface area contributed by atoms with Crippen LogP contribution in [0.15, 0.2) is 64.4 Å². The Balaban J connectivity index is 1.69. The highest BCUT2D eigenvalue weighted by atomic mass is 32.1. The maximum Gasteiger partial charge on any atom is 0.262 e. The van der Waals surface area contributed by atoms with E-state index in [9.17, 15) is 9.90 Å². The number of H-pyrrole nitrogens is 1. The maximum absolute atomic E-state index is 12.9. The minimum absolute atomic E-state index is 0.0649. The lowest BCUT2D eigenvalue weighted by Crippen LogP contribution is -2.21. The molecule has 0 amide bonds. The van der Waals surface area contributed by atoms with Crippen LogP contribution in [0, 0.1) is 4.77 Å². The Labute approximate surface area is 185 Å². The normalized spacial score (nSPS) is 17.5. The number of rotatable bonds is 3. The van der Waals surface area contributed by atoms with Gasteiger partial charge in [0.05, 0.1) is 11.4 Å². The third-order valence-electron chi connectivity index (χ3n) is 6.11. The van der Waals surface area contributed by atoms with Gasteiger partial charge in [0.2, 0.25) is 5.88 Å². The van der Waals surface area contributed by atoms with E-state index in [0.29, 0.717) is 0 Å². The van der Waals surface area contributed by atoms with Crippen LogP contribution in [0.3, 0.4) is 0 Å². The number of nitrogens with one attached hydrogen (secondary N) is 1. The fourth-order valence-corrected chi connectivity index (χ4v) is 4.90. The van der Waals surface area contributed by atoms with Gasteiger partial charge in [0.25, 0.3) is 5.56 Å². The van der Waals surface area contributed by atoms with Crippen molar-refractivity contribution in [2.24, 2.45) is 4.99 Å². The fourth-order valence-electron chi connectivity index (χ4n) is 4.57. The summed E-state index contributed by atoms with van der Waals surface area (Å²) in [6.45, 7) is 0. The molecular weight excluding hydrogens is 406 g/mol. The molecule has 5 rings (SSSR count). The molecule has 31 heavy (non-hydrogen) atoms. The van der Waals surface area contributed by atoms with Gasteiger partial charge >= 0.3 is 0 Å². The molecule has 1 aromatic heterocycles. The minimum atomic E-state index is -0.390. The van der Waals surface area contributed by atoms with Gasteiger partial charge in [-0.05, 0) is 37.2 Å². The van der Waals surface area contributed by atoms with Crippen molar-refractivity contribution in [3.05, 3.63) is 86.4 Å². The molecule has 1 saturated carbocycles. The van der Waals surface area contributed by atoms with Crippen LogP contribution in [0.2, 0.25) is 0 Å². The Hall–Kier alpha value is -3.25. The monoisotopic (exact) mass is 429 g/mol. The van der Waals surface area contributed by atoms with Gasteiger partial charge in [-0.2, -0.15) is 0 Å². The number of aliphatic imine (C=N–C) groups is 1. The van der Waals surface area contributed by atoms with Gasteiger partial charge in [-0.25, -0.2) is 4.99 Å². The molecule has 0 spiro atoms. The second-order valence-corrected chi connectivity index (χ2v) is 8.45. The number of nitrogens with zero attached hydrogens (tertiary/aromatic N) is 2. The van der Waals surface area contributed by atoms with E-state index in [2.05, 4.69) is 4.98 Å². The zero-order valence-electron chi connectivity index (χ0n) is 17.0. The second kappa shape index (κ2) is 8.12. The molecule has 0 saturated heterocycles. The summed E-state index contributed by atoms with van der Waals surface area (Å²) in [5.74, 6) is -0.0649. The van der Waals surface area contributed by atoms with E-state index in [1.54, 1.807) is 10.6 Å². The van der Waals surface area contributed by atoms with E-state index in [1.807, 2.05) is 54.6 Å². The van der Waals surface area contributed by atoms with Crippen LogP contribution in [-0.4, -0.2) is 20.4 Å². The van der Waals surface area contributed by atoms with Crippen molar-refractivity contribution in [2.45, 2.75) is 38.1 Å². The number of hydrogen-bond donors (Lipinski definition) is 2. The topological polar surface area (TPSA) is 70.4 Å². The summed E-state index contributed by atoms with van der Waals surface area (Å²) in [5, 5.41) is 11.2. The number of aromatic amines is 1. The zero-order chi connectivity index (χ0) is 21.4. The number of fused-ring (bicyclic) bond motifs is 1. The number of hydrogen-bond acceptors (Lipinski definition) is 4. The third-order valence-corrected chi connectivity index (χ3v) is 6.41. The fraction of sp³-hybridized carbons (Fsp3) is 0.240. The van der Waals surface area contributed by atoms with Gasteiger partial charge < -0.3 is 5.11 Å². The molecule has 2 aromatic carbocycles. The standard InChI is InChI=1S/C25H23N3O2S/c29-23-20(24(30)28(25(31)27-23)17-11-5-2-6-12-17)15-19-18-13-7-8-14-21(18)26-22(19)16-9-3-1-4-10-16/h1,3-4,7-10,13-15,17,30H,2,5-6,11-12H2,(H,27,29,31). The highest BCUT2D eigenvalue weighted by Crippen LogP contribution is 2.39. The van der Waals surface area contributed by atoms with E-state index >= 15 is 0 Å². The molecule has 2 N–H and O–H groups in total. The number of aromatic hydroxyl groups is 1. The van der Waals surface area contributed by atoms with Gasteiger partial charge in [-0.15, -0.1) is 0 Å². The summed E-state index contributed by atoms with van der Waals surface area (Å²) >= 11 is 5.42. The van der Waals surface area contributed by atoms with Crippen molar-refractivity contribution in [3.63, 3.8) is 0 Å². The molecular formula is C25H23N3O2S. The highest BCUT2D eigenvalue weighted by Gasteiger charge is 2.25. The van der Waals surface area contributed by atoms with E-state index < -0.39 is 0 Å². The van der Waals surface area contributed by atoms with E-state index in [-0.39, 0.29) is 27.8 Å². The molecule has 0 bridgehead atoms. The van der Waals surface area contributed by atoms with Crippen LogP contribution in [0.1, 0.15) is 54.8 Å². The van der Waals surface area contributed by atoms with Gasteiger partial charge in [0.15, 0.2) is 4.77 Å². The van der Waals surface area contributed by atoms with Crippen LogP contribution in [-0.2, 0) is 0 Å². The van der Waals surface area contributed by atoms with Crippen molar-refractivity contribution in [3.8, 4) is 5.88 Å². The molecule has 156 valence electrons. The molecule has 2 aliphatic rings. The molecule has 1 aliphatic heterocycles.